The Morgan fingerprint density at radius 3 is 2.75 bits per heavy atom. The Morgan fingerprint density at radius 2 is 2.06 bits per heavy atom. The van der Waals surface area contributed by atoms with Crippen molar-refractivity contribution in [2.45, 2.75) is 25.3 Å². The molecular formula is C14H18N2. The second-order valence-electron chi connectivity index (χ2n) is 4.93. The van der Waals surface area contributed by atoms with E-state index >= 15 is 0 Å². The molecule has 1 fully saturated rings. The molecule has 0 amide bonds. The molecule has 0 bridgehead atoms. The molecule has 0 saturated heterocycles. The molecule has 1 aromatic carbocycles. The van der Waals surface area contributed by atoms with E-state index in [2.05, 4.69) is 42.1 Å². The minimum absolute atomic E-state index is 0.222. The summed E-state index contributed by atoms with van der Waals surface area (Å²) in [6.07, 6.45) is 6.14. The van der Waals surface area contributed by atoms with Gasteiger partial charge in [0, 0.05) is 30.2 Å². The van der Waals surface area contributed by atoms with Crippen LogP contribution in [0.1, 0.15) is 30.9 Å². The molecule has 0 radical (unpaired) electrons. The monoisotopic (exact) mass is 214 g/mol. The molecule has 0 aliphatic heterocycles. The Balaban J connectivity index is 2.08. The lowest BCUT2D eigenvalue weighted by atomic mass is 9.77. The summed E-state index contributed by atoms with van der Waals surface area (Å²) in [6, 6.07) is 8.75. The van der Waals surface area contributed by atoms with E-state index in [1.165, 1.54) is 35.7 Å². The largest absolute Gasteiger partial charge is 0.350 e. The third-order valence-corrected chi connectivity index (χ3v) is 3.94. The molecule has 1 aliphatic rings. The summed E-state index contributed by atoms with van der Waals surface area (Å²) in [6.45, 7) is 0. The maximum atomic E-state index is 6.37. The first-order valence-electron chi connectivity index (χ1n) is 6.07. The van der Waals surface area contributed by atoms with E-state index in [-0.39, 0.29) is 6.04 Å². The topological polar surface area (TPSA) is 30.9 Å². The standard InChI is InChI=1S/C14H18N2/c1-16-9-12(14(15)10-5-4-6-10)11-7-2-3-8-13(11)16/h2-3,7-10,14H,4-6,15H2,1H3. The minimum atomic E-state index is 0.222. The fraction of sp³-hybridized carbons (Fsp3) is 0.429. The van der Waals surface area contributed by atoms with Crippen LogP contribution >= 0.6 is 0 Å². The van der Waals surface area contributed by atoms with Crippen LogP contribution in [-0.2, 0) is 7.05 Å². The van der Waals surface area contributed by atoms with E-state index in [1.807, 2.05) is 0 Å². The molecule has 84 valence electrons. The van der Waals surface area contributed by atoms with Crippen molar-refractivity contribution in [1.29, 1.82) is 0 Å². The van der Waals surface area contributed by atoms with E-state index in [4.69, 9.17) is 5.73 Å². The molecule has 2 nitrogen and oxygen atoms in total. The number of fused-ring (bicyclic) bond motifs is 1. The average molecular weight is 214 g/mol. The number of nitrogens with zero attached hydrogens (tertiary/aromatic N) is 1. The molecular weight excluding hydrogens is 196 g/mol. The Kier molecular flexibility index (Phi) is 2.25. The minimum Gasteiger partial charge on any atom is -0.350 e. The summed E-state index contributed by atoms with van der Waals surface area (Å²) in [4.78, 5) is 0. The summed E-state index contributed by atoms with van der Waals surface area (Å²) in [7, 11) is 2.10. The van der Waals surface area contributed by atoms with Crippen LogP contribution in [0.2, 0.25) is 0 Å². The number of nitrogens with two attached hydrogens (primary N) is 1. The average Bonchev–Trinajstić information content (AvgIpc) is 2.55. The van der Waals surface area contributed by atoms with Crippen LogP contribution < -0.4 is 5.73 Å². The van der Waals surface area contributed by atoms with Crippen molar-refractivity contribution in [3.63, 3.8) is 0 Å². The van der Waals surface area contributed by atoms with E-state index in [0.717, 1.165) is 0 Å². The van der Waals surface area contributed by atoms with Gasteiger partial charge in [0.25, 0.3) is 0 Å². The second-order valence-corrected chi connectivity index (χ2v) is 4.93. The molecule has 2 N–H and O–H groups in total. The molecule has 2 heteroatoms. The molecule has 3 rings (SSSR count). The number of aryl methyl sites for hydroxylation is 1. The van der Waals surface area contributed by atoms with E-state index < -0.39 is 0 Å². The fourth-order valence-electron chi connectivity index (χ4n) is 2.69. The van der Waals surface area contributed by atoms with Crippen LogP contribution in [0.4, 0.5) is 0 Å². The van der Waals surface area contributed by atoms with Gasteiger partial charge in [0.15, 0.2) is 0 Å². The van der Waals surface area contributed by atoms with Crippen molar-refractivity contribution >= 4 is 10.9 Å². The normalized spacial score (nSPS) is 18.6. The first kappa shape index (κ1) is 9.91. The first-order valence-corrected chi connectivity index (χ1v) is 6.07. The third kappa shape index (κ3) is 1.37. The lowest BCUT2D eigenvalue weighted by Crippen LogP contribution is -2.26. The highest BCUT2D eigenvalue weighted by molar-refractivity contribution is 5.84. The number of hydrogen-bond acceptors (Lipinski definition) is 1. The predicted octanol–water partition coefficient (Wildman–Crippen LogP) is 2.98. The highest BCUT2D eigenvalue weighted by Gasteiger charge is 2.27. The molecule has 1 heterocycles. The van der Waals surface area contributed by atoms with Crippen LogP contribution in [0, 0.1) is 5.92 Å². The Labute approximate surface area is 96.1 Å². The maximum absolute atomic E-state index is 6.37. The van der Waals surface area contributed by atoms with Crippen molar-refractivity contribution in [3.8, 4) is 0 Å². The van der Waals surface area contributed by atoms with Crippen LogP contribution in [0.15, 0.2) is 30.5 Å². The quantitative estimate of drug-likeness (QED) is 0.818. The number of hydrogen-bond donors (Lipinski definition) is 1. The van der Waals surface area contributed by atoms with Gasteiger partial charge in [0.1, 0.15) is 0 Å². The van der Waals surface area contributed by atoms with Gasteiger partial charge in [-0.1, -0.05) is 24.6 Å². The highest BCUT2D eigenvalue weighted by atomic mass is 14.9. The highest BCUT2D eigenvalue weighted by Crippen LogP contribution is 2.38. The van der Waals surface area contributed by atoms with Gasteiger partial charge in [-0.3, -0.25) is 0 Å². The molecule has 16 heavy (non-hydrogen) atoms. The maximum Gasteiger partial charge on any atom is 0.0481 e. The molecule has 1 saturated carbocycles. The SMILES string of the molecule is Cn1cc(C(N)C2CCC2)c2ccccc21. The summed E-state index contributed by atoms with van der Waals surface area (Å²) in [5, 5.41) is 1.32. The Morgan fingerprint density at radius 1 is 1.31 bits per heavy atom. The second kappa shape index (κ2) is 3.63. The predicted molar refractivity (Wildman–Crippen MR) is 67.2 cm³/mol. The van der Waals surface area contributed by atoms with Gasteiger partial charge in [-0.05, 0) is 30.4 Å². The number of aromatic nitrogens is 1. The Hall–Kier alpha value is -1.28. The number of rotatable bonds is 2. The molecule has 1 aliphatic carbocycles. The van der Waals surface area contributed by atoms with Gasteiger partial charge in [0.2, 0.25) is 0 Å². The molecule has 0 spiro atoms. The summed E-state index contributed by atoms with van der Waals surface area (Å²) in [5.74, 6) is 0.700. The van der Waals surface area contributed by atoms with Crippen LogP contribution in [-0.4, -0.2) is 4.57 Å². The van der Waals surface area contributed by atoms with Crippen LogP contribution in [0.3, 0.4) is 0 Å². The molecule has 2 aromatic rings. The summed E-state index contributed by atoms with van der Waals surface area (Å²) in [5.41, 5.74) is 8.97. The smallest absolute Gasteiger partial charge is 0.0481 e. The zero-order chi connectivity index (χ0) is 11.1. The van der Waals surface area contributed by atoms with Gasteiger partial charge in [-0.2, -0.15) is 0 Å². The van der Waals surface area contributed by atoms with E-state index in [9.17, 15) is 0 Å². The lowest BCUT2D eigenvalue weighted by Gasteiger charge is -2.31. The van der Waals surface area contributed by atoms with Gasteiger partial charge < -0.3 is 10.3 Å². The van der Waals surface area contributed by atoms with Crippen molar-refractivity contribution in [1.82, 2.24) is 4.57 Å². The van der Waals surface area contributed by atoms with Crippen LogP contribution in [0.5, 0.6) is 0 Å². The zero-order valence-electron chi connectivity index (χ0n) is 9.69. The Bertz CT molecular complexity index is 508. The van der Waals surface area contributed by atoms with Gasteiger partial charge in [-0.15, -0.1) is 0 Å². The van der Waals surface area contributed by atoms with Gasteiger partial charge in [0.05, 0.1) is 0 Å². The molecule has 1 aromatic heterocycles. The fourth-order valence-corrected chi connectivity index (χ4v) is 2.69. The van der Waals surface area contributed by atoms with Gasteiger partial charge >= 0.3 is 0 Å². The third-order valence-electron chi connectivity index (χ3n) is 3.94. The van der Waals surface area contributed by atoms with Crippen molar-refractivity contribution in [3.05, 3.63) is 36.0 Å². The van der Waals surface area contributed by atoms with E-state index in [1.54, 1.807) is 0 Å². The molecule has 1 atom stereocenters. The molecule has 1 unspecified atom stereocenters. The lowest BCUT2D eigenvalue weighted by molar-refractivity contribution is 0.265. The van der Waals surface area contributed by atoms with Gasteiger partial charge in [-0.25, -0.2) is 0 Å². The number of para-hydroxylation sites is 1. The van der Waals surface area contributed by atoms with Crippen molar-refractivity contribution in [2.24, 2.45) is 18.7 Å². The summed E-state index contributed by atoms with van der Waals surface area (Å²) < 4.78 is 2.18. The van der Waals surface area contributed by atoms with Crippen LogP contribution in [0.25, 0.3) is 10.9 Å². The van der Waals surface area contributed by atoms with Crippen molar-refractivity contribution < 1.29 is 0 Å². The van der Waals surface area contributed by atoms with E-state index in [0.29, 0.717) is 5.92 Å². The first-order chi connectivity index (χ1) is 7.77. The summed E-state index contributed by atoms with van der Waals surface area (Å²) >= 11 is 0. The zero-order valence-corrected chi connectivity index (χ0v) is 9.69. The van der Waals surface area contributed by atoms with Crippen molar-refractivity contribution in [2.75, 3.05) is 0 Å². The number of benzene rings is 1.